The van der Waals surface area contributed by atoms with Crippen LogP contribution >= 0.6 is 0 Å². The van der Waals surface area contributed by atoms with Gasteiger partial charge in [-0.15, -0.1) is 0 Å². The van der Waals surface area contributed by atoms with E-state index in [0.29, 0.717) is 17.7 Å². The Bertz CT molecular complexity index is 972. The molecular formula is C23H20F6O3. The lowest BCUT2D eigenvalue weighted by Gasteiger charge is -2.38. The van der Waals surface area contributed by atoms with Gasteiger partial charge in [0, 0.05) is 5.57 Å². The van der Waals surface area contributed by atoms with Gasteiger partial charge in [0.25, 0.3) is 0 Å². The summed E-state index contributed by atoms with van der Waals surface area (Å²) in [6, 6.07) is 6.52. The number of ether oxygens (including phenoxy) is 2. The molecule has 0 fully saturated rings. The van der Waals surface area contributed by atoms with E-state index in [0.717, 1.165) is 36.4 Å². The van der Waals surface area contributed by atoms with E-state index < -0.39 is 34.9 Å². The minimum Gasteiger partial charge on any atom is -0.489 e. The van der Waals surface area contributed by atoms with Crippen molar-refractivity contribution in [3.8, 4) is 11.5 Å². The SMILES string of the molecule is C=C(C)COc1ccc(C(c2ccc(OC(=O)C(=C)C)cc2)(C(F)(F)F)C(F)(F)F)cc1. The highest BCUT2D eigenvalue weighted by Gasteiger charge is 2.72. The highest BCUT2D eigenvalue weighted by atomic mass is 19.4. The van der Waals surface area contributed by atoms with Crippen molar-refractivity contribution in [2.75, 3.05) is 6.61 Å². The van der Waals surface area contributed by atoms with Crippen molar-refractivity contribution in [3.05, 3.63) is 84.0 Å². The molecule has 0 amide bonds. The van der Waals surface area contributed by atoms with Crippen molar-refractivity contribution < 1.29 is 40.6 Å². The number of alkyl halides is 6. The fourth-order valence-electron chi connectivity index (χ4n) is 2.96. The molecule has 32 heavy (non-hydrogen) atoms. The summed E-state index contributed by atoms with van der Waals surface area (Å²) >= 11 is 0. The third-order valence-electron chi connectivity index (χ3n) is 4.47. The van der Waals surface area contributed by atoms with Crippen LogP contribution < -0.4 is 9.47 Å². The Hall–Kier alpha value is -3.23. The van der Waals surface area contributed by atoms with Gasteiger partial charge >= 0.3 is 18.3 Å². The van der Waals surface area contributed by atoms with Gasteiger partial charge in [0.15, 0.2) is 0 Å². The average molecular weight is 458 g/mol. The number of benzene rings is 2. The van der Waals surface area contributed by atoms with E-state index in [4.69, 9.17) is 9.47 Å². The summed E-state index contributed by atoms with van der Waals surface area (Å²) in [4.78, 5) is 11.6. The van der Waals surface area contributed by atoms with Crippen LogP contribution in [0, 0.1) is 0 Å². The van der Waals surface area contributed by atoms with Crippen LogP contribution in [0.1, 0.15) is 25.0 Å². The third-order valence-corrected chi connectivity index (χ3v) is 4.47. The molecule has 2 aromatic rings. The van der Waals surface area contributed by atoms with Gasteiger partial charge in [-0.3, -0.25) is 0 Å². The molecule has 0 saturated heterocycles. The maximum absolute atomic E-state index is 14.2. The summed E-state index contributed by atoms with van der Waals surface area (Å²) in [5.41, 5.74) is -5.79. The van der Waals surface area contributed by atoms with Gasteiger partial charge in [-0.2, -0.15) is 26.3 Å². The van der Waals surface area contributed by atoms with Crippen molar-refractivity contribution in [1.29, 1.82) is 0 Å². The number of hydrogen-bond donors (Lipinski definition) is 0. The predicted molar refractivity (Wildman–Crippen MR) is 107 cm³/mol. The Labute approximate surface area is 181 Å². The molecule has 0 aliphatic heterocycles. The summed E-state index contributed by atoms with van der Waals surface area (Å²) in [5, 5.41) is 0. The van der Waals surface area contributed by atoms with Gasteiger partial charge < -0.3 is 9.47 Å². The van der Waals surface area contributed by atoms with Crippen molar-refractivity contribution in [2.45, 2.75) is 31.6 Å². The van der Waals surface area contributed by atoms with Crippen LogP contribution in [-0.2, 0) is 10.2 Å². The number of hydrogen-bond acceptors (Lipinski definition) is 3. The molecule has 172 valence electrons. The predicted octanol–water partition coefficient (Wildman–Crippen LogP) is 6.53. The van der Waals surface area contributed by atoms with Gasteiger partial charge in [-0.05, 0) is 54.8 Å². The Balaban J connectivity index is 2.59. The van der Waals surface area contributed by atoms with Crippen molar-refractivity contribution in [3.63, 3.8) is 0 Å². The normalized spacial score (nSPS) is 12.2. The molecule has 3 nitrogen and oxygen atoms in total. The van der Waals surface area contributed by atoms with Crippen LogP contribution in [0.3, 0.4) is 0 Å². The molecule has 0 radical (unpaired) electrons. The lowest BCUT2D eigenvalue weighted by molar-refractivity contribution is -0.288. The molecule has 0 heterocycles. The molecular weight excluding hydrogens is 438 g/mol. The Morgan fingerprint density at radius 2 is 1.19 bits per heavy atom. The number of halogens is 6. The van der Waals surface area contributed by atoms with E-state index in [1.807, 2.05) is 0 Å². The van der Waals surface area contributed by atoms with Crippen molar-refractivity contribution >= 4 is 5.97 Å². The molecule has 9 heteroatoms. The zero-order valence-corrected chi connectivity index (χ0v) is 17.2. The molecule has 0 aliphatic rings. The van der Waals surface area contributed by atoms with Crippen LogP contribution in [0.4, 0.5) is 26.3 Å². The molecule has 0 N–H and O–H groups in total. The monoisotopic (exact) mass is 458 g/mol. The van der Waals surface area contributed by atoms with E-state index >= 15 is 0 Å². The highest BCUT2D eigenvalue weighted by molar-refractivity contribution is 5.88. The largest absolute Gasteiger partial charge is 0.489 e. The van der Waals surface area contributed by atoms with Gasteiger partial charge in [-0.25, -0.2) is 4.79 Å². The number of carbonyl (C=O) groups excluding carboxylic acids is 1. The summed E-state index contributed by atoms with van der Waals surface area (Å²) < 4.78 is 95.0. The second kappa shape index (κ2) is 9.10. The van der Waals surface area contributed by atoms with Gasteiger partial charge in [-0.1, -0.05) is 37.4 Å². The van der Waals surface area contributed by atoms with Gasteiger partial charge in [0.05, 0.1) is 0 Å². The van der Waals surface area contributed by atoms with Crippen molar-refractivity contribution in [1.82, 2.24) is 0 Å². The topological polar surface area (TPSA) is 35.5 Å². The first-order chi connectivity index (χ1) is 14.7. The highest BCUT2D eigenvalue weighted by Crippen LogP contribution is 2.56. The second-order valence-electron chi connectivity index (χ2n) is 7.21. The molecule has 0 saturated carbocycles. The Kier molecular flexibility index (Phi) is 7.12. The smallest absolute Gasteiger partial charge is 0.411 e. The average Bonchev–Trinajstić information content (AvgIpc) is 2.66. The van der Waals surface area contributed by atoms with Crippen LogP contribution in [0.25, 0.3) is 0 Å². The minimum absolute atomic E-state index is 0.0166. The first-order valence-electron chi connectivity index (χ1n) is 9.19. The number of rotatable bonds is 7. The minimum atomic E-state index is -5.73. The molecule has 0 bridgehead atoms. The van der Waals surface area contributed by atoms with Crippen LogP contribution in [0.2, 0.25) is 0 Å². The molecule has 0 unspecified atom stereocenters. The molecule has 2 rings (SSSR count). The summed E-state index contributed by atoms with van der Waals surface area (Å²) in [6.45, 7) is 10.0. The maximum Gasteiger partial charge on any atom is 0.411 e. The fourth-order valence-corrected chi connectivity index (χ4v) is 2.96. The lowest BCUT2D eigenvalue weighted by atomic mass is 9.73. The van der Waals surface area contributed by atoms with E-state index in [1.54, 1.807) is 6.92 Å². The Morgan fingerprint density at radius 3 is 1.53 bits per heavy atom. The molecule has 0 atom stereocenters. The number of esters is 1. The molecule has 0 aliphatic carbocycles. The van der Waals surface area contributed by atoms with Crippen LogP contribution in [0.5, 0.6) is 11.5 Å². The van der Waals surface area contributed by atoms with E-state index in [-0.39, 0.29) is 23.7 Å². The molecule has 0 aromatic heterocycles. The first-order valence-corrected chi connectivity index (χ1v) is 9.19. The van der Waals surface area contributed by atoms with E-state index in [9.17, 15) is 31.1 Å². The summed E-state index contributed by atoms with van der Waals surface area (Å²) in [7, 11) is 0. The maximum atomic E-state index is 14.2. The van der Waals surface area contributed by atoms with Gasteiger partial charge in [0.2, 0.25) is 5.41 Å². The Morgan fingerprint density at radius 1 is 0.781 bits per heavy atom. The lowest BCUT2D eigenvalue weighted by Crippen LogP contribution is -2.54. The van der Waals surface area contributed by atoms with Gasteiger partial charge in [0.1, 0.15) is 18.1 Å². The fraction of sp³-hybridized carbons (Fsp3) is 0.261. The van der Waals surface area contributed by atoms with Crippen LogP contribution in [0.15, 0.2) is 72.8 Å². The molecule has 2 aromatic carbocycles. The zero-order valence-electron chi connectivity index (χ0n) is 17.2. The standard InChI is InChI=1S/C23H20F6O3/c1-14(2)13-31-18-9-5-16(6-10-18)21(22(24,25)26,23(27,28)29)17-7-11-19(12-8-17)32-20(30)15(3)4/h5-12H,1,3,13H2,2,4H3. The zero-order chi connectivity index (χ0) is 24.3. The molecule has 0 spiro atoms. The first kappa shape index (κ1) is 25.0. The summed E-state index contributed by atoms with van der Waals surface area (Å²) in [6.07, 6.45) is -11.5. The summed E-state index contributed by atoms with van der Waals surface area (Å²) in [5.74, 6) is -0.985. The number of carbonyl (C=O) groups is 1. The second-order valence-corrected chi connectivity index (χ2v) is 7.21. The van der Waals surface area contributed by atoms with Crippen LogP contribution in [-0.4, -0.2) is 24.9 Å². The third kappa shape index (κ3) is 4.98. The van der Waals surface area contributed by atoms with E-state index in [1.165, 1.54) is 6.92 Å². The van der Waals surface area contributed by atoms with E-state index in [2.05, 4.69) is 13.2 Å². The van der Waals surface area contributed by atoms with Crippen molar-refractivity contribution in [2.24, 2.45) is 0 Å². The quantitative estimate of drug-likeness (QED) is 0.156.